The van der Waals surface area contributed by atoms with Crippen molar-refractivity contribution >= 4 is 35.4 Å². The van der Waals surface area contributed by atoms with Crippen LogP contribution in [0.1, 0.15) is 27.9 Å². The number of pyridine rings is 1. The largest absolute Gasteiger partial charge is 0.416 e. The lowest BCUT2D eigenvalue weighted by molar-refractivity contribution is -0.137. The highest BCUT2D eigenvalue weighted by atomic mass is 35.5. The lowest BCUT2D eigenvalue weighted by atomic mass is 10.0. The molecule has 0 aliphatic carbocycles. The fraction of sp³-hybridized carbons (Fsp3) is 0.214. The van der Waals surface area contributed by atoms with Crippen molar-refractivity contribution in [3.05, 3.63) is 106 Å². The Labute approximate surface area is 231 Å². The van der Waals surface area contributed by atoms with E-state index in [9.17, 15) is 31.1 Å². The maximum absolute atomic E-state index is 13.9. The smallest absolute Gasteiger partial charge is 0.333 e. The number of aromatic nitrogens is 2. The van der Waals surface area contributed by atoms with Crippen LogP contribution >= 0.6 is 12.4 Å². The number of benzene rings is 2. The molecule has 1 aliphatic rings. The maximum atomic E-state index is 13.9. The van der Waals surface area contributed by atoms with E-state index >= 15 is 0 Å². The molecular weight excluding hydrogens is 558 g/mol. The Morgan fingerprint density at radius 3 is 2.58 bits per heavy atom. The van der Waals surface area contributed by atoms with Crippen LogP contribution in [0.5, 0.6) is 0 Å². The summed E-state index contributed by atoms with van der Waals surface area (Å²) >= 11 is 0. The molecule has 1 aliphatic heterocycles. The van der Waals surface area contributed by atoms with E-state index in [4.69, 9.17) is 0 Å². The average Bonchev–Trinajstić information content (AvgIpc) is 3.21. The topological polar surface area (TPSA) is 50.2 Å². The minimum absolute atomic E-state index is 0. The zero-order valence-corrected chi connectivity index (χ0v) is 21.6. The first-order chi connectivity index (χ1) is 18.6. The van der Waals surface area contributed by atoms with Crippen molar-refractivity contribution in [2.45, 2.75) is 25.7 Å². The number of alkyl halides is 3. The SMILES string of the molecule is Cl.O=C(NCc1ccnc(F)c1)n1c2c(c3cc(C(F)(F)F)ccc31)CN(C/C=C/c1ccc(F)cc1F)CC2. The number of carbonyl (C=O) groups excluding carboxylic acids is 1. The fourth-order valence-corrected chi connectivity index (χ4v) is 4.75. The molecule has 210 valence electrons. The molecule has 5 nitrogen and oxygen atoms in total. The zero-order chi connectivity index (χ0) is 27.7. The van der Waals surface area contributed by atoms with E-state index < -0.39 is 35.4 Å². The Bertz CT molecular complexity index is 1580. The monoisotopic (exact) mass is 580 g/mol. The first-order valence-electron chi connectivity index (χ1n) is 12.1. The third-order valence-corrected chi connectivity index (χ3v) is 6.62. The molecule has 0 atom stereocenters. The summed E-state index contributed by atoms with van der Waals surface area (Å²) in [6.45, 7) is 1.12. The van der Waals surface area contributed by atoms with Crippen LogP contribution in [-0.2, 0) is 25.7 Å². The molecule has 0 bridgehead atoms. The Hall–Kier alpha value is -3.83. The van der Waals surface area contributed by atoms with Crippen molar-refractivity contribution in [2.75, 3.05) is 13.1 Å². The van der Waals surface area contributed by atoms with Crippen LogP contribution in [0.4, 0.5) is 31.1 Å². The van der Waals surface area contributed by atoms with Gasteiger partial charge in [0.25, 0.3) is 0 Å². The molecule has 1 N–H and O–H groups in total. The van der Waals surface area contributed by atoms with Crippen molar-refractivity contribution in [3.63, 3.8) is 0 Å². The third kappa shape index (κ3) is 6.15. The summed E-state index contributed by atoms with van der Waals surface area (Å²) in [5.74, 6) is -2.07. The van der Waals surface area contributed by atoms with E-state index in [2.05, 4.69) is 10.3 Å². The second kappa shape index (κ2) is 11.7. The van der Waals surface area contributed by atoms with E-state index in [1.807, 2.05) is 4.90 Å². The Kier molecular flexibility index (Phi) is 8.55. The van der Waals surface area contributed by atoms with Gasteiger partial charge in [-0.1, -0.05) is 12.2 Å². The van der Waals surface area contributed by atoms with E-state index in [1.54, 1.807) is 12.1 Å². The Morgan fingerprint density at radius 1 is 1.05 bits per heavy atom. The highest BCUT2D eigenvalue weighted by Gasteiger charge is 2.33. The van der Waals surface area contributed by atoms with Gasteiger partial charge < -0.3 is 5.32 Å². The molecule has 2 aromatic carbocycles. The molecular formula is C28H23ClF6N4O. The van der Waals surface area contributed by atoms with E-state index in [1.165, 1.54) is 35.0 Å². The molecule has 2 aromatic heterocycles. The quantitative estimate of drug-likeness (QED) is 0.211. The number of hydrogen-bond donors (Lipinski definition) is 1. The molecule has 0 saturated heterocycles. The van der Waals surface area contributed by atoms with Gasteiger partial charge in [-0.3, -0.25) is 9.47 Å². The van der Waals surface area contributed by atoms with Crippen LogP contribution in [0.25, 0.3) is 17.0 Å². The molecule has 5 rings (SSSR count). The van der Waals surface area contributed by atoms with Gasteiger partial charge in [-0.15, -0.1) is 12.4 Å². The van der Waals surface area contributed by atoms with Gasteiger partial charge in [0.2, 0.25) is 5.95 Å². The molecule has 0 unspecified atom stereocenters. The summed E-state index contributed by atoms with van der Waals surface area (Å²) < 4.78 is 82.4. The Balaban J connectivity index is 0.00000370. The second-order valence-electron chi connectivity index (χ2n) is 9.19. The number of nitrogens with zero attached hydrogens (tertiary/aromatic N) is 3. The second-order valence-corrected chi connectivity index (χ2v) is 9.19. The summed E-state index contributed by atoms with van der Waals surface area (Å²) in [4.78, 5) is 18.7. The minimum Gasteiger partial charge on any atom is -0.333 e. The maximum Gasteiger partial charge on any atom is 0.416 e. The highest BCUT2D eigenvalue weighted by molar-refractivity contribution is 5.96. The zero-order valence-electron chi connectivity index (χ0n) is 20.8. The van der Waals surface area contributed by atoms with Gasteiger partial charge in [0, 0.05) is 61.5 Å². The molecule has 1 amide bonds. The van der Waals surface area contributed by atoms with Gasteiger partial charge in [-0.25, -0.2) is 18.6 Å². The normalized spacial score (nSPS) is 13.8. The fourth-order valence-electron chi connectivity index (χ4n) is 4.75. The van der Waals surface area contributed by atoms with Crippen LogP contribution < -0.4 is 5.32 Å². The lowest BCUT2D eigenvalue weighted by Gasteiger charge is -2.27. The van der Waals surface area contributed by atoms with Gasteiger partial charge in [0.15, 0.2) is 0 Å². The summed E-state index contributed by atoms with van der Waals surface area (Å²) in [5, 5.41) is 3.02. The molecule has 4 aromatic rings. The molecule has 0 radical (unpaired) electrons. The third-order valence-electron chi connectivity index (χ3n) is 6.62. The molecule has 0 fully saturated rings. The summed E-state index contributed by atoms with van der Waals surface area (Å²) in [6, 6.07) is 8.71. The summed E-state index contributed by atoms with van der Waals surface area (Å²) in [6.07, 6.45) is 0.303. The number of hydrogen-bond acceptors (Lipinski definition) is 3. The Morgan fingerprint density at radius 2 is 1.85 bits per heavy atom. The highest BCUT2D eigenvalue weighted by Crippen LogP contribution is 2.36. The molecule has 0 saturated carbocycles. The predicted octanol–water partition coefficient (Wildman–Crippen LogP) is 6.72. The number of amides is 1. The molecule has 40 heavy (non-hydrogen) atoms. The average molecular weight is 581 g/mol. The molecule has 0 spiro atoms. The number of carbonyl (C=O) groups is 1. The van der Waals surface area contributed by atoms with Crippen molar-refractivity contribution in [1.29, 1.82) is 0 Å². The summed E-state index contributed by atoms with van der Waals surface area (Å²) in [5.41, 5.74) is 1.38. The molecule has 12 heteroatoms. The van der Waals surface area contributed by atoms with Gasteiger partial charge >= 0.3 is 12.2 Å². The van der Waals surface area contributed by atoms with Crippen LogP contribution in [-0.4, -0.2) is 33.6 Å². The number of rotatable bonds is 5. The van der Waals surface area contributed by atoms with Gasteiger partial charge in [0.05, 0.1) is 11.1 Å². The van der Waals surface area contributed by atoms with Crippen molar-refractivity contribution in [2.24, 2.45) is 0 Å². The van der Waals surface area contributed by atoms with E-state index in [-0.39, 0.29) is 31.1 Å². The first kappa shape index (κ1) is 29.2. The van der Waals surface area contributed by atoms with Crippen LogP contribution in [0.15, 0.2) is 60.8 Å². The molecule has 3 heterocycles. The van der Waals surface area contributed by atoms with Gasteiger partial charge in [0.1, 0.15) is 11.6 Å². The number of nitrogens with one attached hydrogen (secondary N) is 1. The van der Waals surface area contributed by atoms with Gasteiger partial charge in [-0.05, 0) is 53.6 Å². The van der Waals surface area contributed by atoms with E-state index in [0.717, 1.165) is 24.3 Å². The van der Waals surface area contributed by atoms with Gasteiger partial charge in [-0.2, -0.15) is 17.6 Å². The number of halogens is 7. The van der Waals surface area contributed by atoms with Crippen molar-refractivity contribution in [3.8, 4) is 0 Å². The minimum atomic E-state index is -4.56. The van der Waals surface area contributed by atoms with Crippen molar-refractivity contribution in [1.82, 2.24) is 19.8 Å². The summed E-state index contributed by atoms with van der Waals surface area (Å²) in [7, 11) is 0. The number of fused-ring (bicyclic) bond motifs is 3. The van der Waals surface area contributed by atoms with Crippen molar-refractivity contribution < 1.29 is 31.1 Å². The van der Waals surface area contributed by atoms with Crippen LogP contribution in [0.3, 0.4) is 0 Å². The predicted molar refractivity (Wildman–Crippen MR) is 140 cm³/mol. The van der Waals surface area contributed by atoms with Crippen LogP contribution in [0.2, 0.25) is 0 Å². The standard InChI is InChI=1S/C28H22F6N4O.ClH/c29-20-5-3-18(23(30)14-20)2-1-10-37-11-8-25-22(16-37)21-13-19(28(32,33)34)4-6-24(21)38(25)27(39)36-15-17-7-9-35-26(31)12-17;/h1-7,9,12-14H,8,10-11,15-16H2,(H,36,39);1H/b2-1+;. The van der Waals surface area contributed by atoms with E-state index in [0.29, 0.717) is 47.2 Å². The first-order valence-corrected chi connectivity index (χ1v) is 12.1. The lowest BCUT2D eigenvalue weighted by Crippen LogP contribution is -2.34. The van der Waals surface area contributed by atoms with Crippen LogP contribution in [0, 0.1) is 17.6 Å².